The molecule has 154 valence electrons. The highest BCUT2D eigenvalue weighted by molar-refractivity contribution is 5.94. The number of carbonyl (C=O) groups excluding carboxylic acids is 2. The third-order valence-corrected chi connectivity index (χ3v) is 4.23. The maximum Gasteiger partial charge on any atom is 0.331 e. The van der Waals surface area contributed by atoms with Crippen LogP contribution in [0, 0.1) is 25.5 Å². The summed E-state index contributed by atoms with van der Waals surface area (Å²) < 4.78 is 32.9. The number of nitrogens with one attached hydrogen (secondary N) is 1. The number of rotatable bonds is 6. The first-order chi connectivity index (χ1) is 14.3. The van der Waals surface area contributed by atoms with E-state index in [4.69, 9.17) is 4.74 Å². The van der Waals surface area contributed by atoms with Gasteiger partial charge in [0.2, 0.25) is 0 Å². The Labute approximate surface area is 171 Å². The SMILES string of the molecule is Cc1nn(-c2ccccc2)c(C)c1/C=C/C(=O)OCC(=O)Nc1cc(F)cc(F)c1. The predicted octanol–water partition coefficient (Wildman–Crippen LogP) is 3.96. The van der Waals surface area contributed by atoms with Crippen molar-refractivity contribution in [3.05, 3.63) is 83.2 Å². The van der Waals surface area contributed by atoms with Crippen molar-refractivity contribution >= 4 is 23.6 Å². The third kappa shape index (κ3) is 5.16. The van der Waals surface area contributed by atoms with Crippen molar-refractivity contribution in [2.45, 2.75) is 13.8 Å². The zero-order valence-electron chi connectivity index (χ0n) is 16.4. The Morgan fingerprint density at radius 1 is 1.10 bits per heavy atom. The molecular formula is C22H19F2N3O3. The van der Waals surface area contributed by atoms with Gasteiger partial charge in [0.1, 0.15) is 11.6 Å². The van der Waals surface area contributed by atoms with Crippen LogP contribution in [0.3, 0.4) is 0 Å². The van der Waals surface area contributed by atoms with Crippen LogP contribution in [0.2, 0.25) is 0 Å². The Morgan fingerprint density at radius 3 is 2.43 bits per heavy atom. The number of nitrogens with zero attached hydrogens (tertiary/aromatic N) is 2. The Hall–Kier alpha value is -3.81. The lowest BCUT2D eigenvalue weighted by Gasteiger charge is -2.06. The molecule has 0 aliphatic carbocycles. The molecule has 0 bridgehead atoms. The molecular weight excluding hydrogens is 392 g/mol. The monoisotopic (exact) mass is 411 g/mol. The summed E-state index contributed by atoms with van der Waals surface area (Å²) in [6.45, 7) is 3.11. The number of benzene rings is 2. The first kappa shape index (κ1) is 20.9. The van der Waals surface area contributed by atoms with Gasteiger partial charge in [-0.3, -0.25) is 4.79 Å². The lowest BCUT2D eigenvalue weighted by molar-refractivity contribution is -0.142. The number of anilines is 1. The van der Waals surface area contributed by atoms with E-state index in [9.17, 15) is 18.4 Å². The van der Waals surface area contributed by atoms with Gasteiger partial charge < -0.3 is 10.1 Å². The number of carbonyl (C=O) groups is 2. The summed E-state index contributed by atoms with van der Waals surface area (Å²) in [6.07, 6.45) is 2.76. The van der Waals surface area contributed by atoms with E-state index < -0.39 is 30.1 Å². The van der Waals surface area contributed by atoms with Gasteiger partial charge in [0, 0.05) is 29.1 Å². The second kappa shape index (κ2) is 9.13. The number of ether oxygens (including phenoxy) is 1. The minimum atomic E-state index is -0.827. The number of halogens is 2. The van der Waals surface area contributed by atoms with Crippen LogP contribution in [-0.4, -0.2) is 28.3 Å². The largest absolute Gasteiger partial charge is 0.452 e. The fourth-order valence-electron chi connectivity index (χ4n) is 2.88. The molecule has 3 rings (SSSR count). The van der Waals surface area contributed by atoms with Crippen LogP contribution in [0.1, 0.15) is 17.0 Å². The van der Waals surface area contributed by atoms with Crippen molar-refractivity contribution in [3.8, 4) is 5.69 Å². The molecule has 3 aromatic rings. The molecule has 0 unspecified atom stereocenters. The van der Waals surface area contributed by atoms with Gasteiger partial charge in [-0.2, -0.15) is 5.10 Å². The Morgan fingerprint density at radius 2 is 1.77 bits per heavy atom. The molecule has 1 aromatic heterocycles. The highest BCUT2D eigenvalue weighted by Gasteiger charge is 2.12. The molecule has 30 heavy (non-hydrogen) atoms. The predicted molar refractivity (Wildman–Crippen MR) is 108 cm³/mol. The Balaban J connectivity index is 1.60. The van der Waals surface area contributed by atoms with E-state index in [1.54, 1.807) is 10.8 Å². The average molecular weight is 411 g/mol. The van der Waals surface area contributed by atoms with Gasteiger partial charge in [0.15, 0.2) is 6.61 Å². The molecule has 8 heteroatoms. The molecule has 0 saturated heterocycles. The first-order valence-corrected chi connectivity index (χ1v) is 9.06. The number of esters is 1. The van der Waals surface area contributed by atoms with Crippen molar-refractivity contribution in [1.82, 2.24) is 9.78 Å². The lowest BCUT2D eigenvalue weighted by atomic mass is 10.2. The van der Waals surface area contributed by atoms with Gasteiger partial charge in [0.05, 0.1) is 11.4 Å². The van der Waals surface area contributed by atoms with Crippen molar-refractivity contribution < 1.29 is 23.1 Å². The highest BCUT2D eigenvalue weighted by atomic mass is 19.1. The maximum absolute atomic E-state index is 13.1. The van der Waals surface area contributed by atoms with Crippen molar-refractivity contribution in [2.24, 2.45) is 0 Å². The van der Waals surface area contributed by atoms with Crippen LogP contribution < -0.4 is 5.32 Å². The zero-order valence-corrected chi connectivity index (χ0v) is 16.4. The summed E-state index contributed by atoms with van der Waals surface area (Å²) in [5.41, 5.74) is 3.16. The fraction of sp³-hybridized carbons (Fsp3) is 0.136. The highest BCUT2D eigenvalue weighted by Crippen LogP contribution is 2.19. The number of hydrogen-bond donors (Lipinski definition) is 1. The Kier molecular flexibility index (Phi) is 6.36. The van der Waals surface area contributed by atoms with E-state index in [2.05, 4.69) is 10.4 Å². The lowest BCUT2D eigenvalue weighted by Crippen LogP contribution is -2.20. The molecule has 0 atom stereocenters. The second-order valence-corrected chi connectivity index (χ2v) is 6.48. The number of amides is 1. The van der Waals surface area contributed by atoms with Crippen LogP contribution in [0.25, 0.3) is 11.8 Å². The molecule has 1 N–H and O–H groups in total. The molecule has 2 aromatic carbocycles. The van der Waals surface area contributed by atoms with Crippen molar-refractivity contribution in [2.75, 3.05) is 11.9 Å². The topological polar surface area (TPSA) is 73.2 Å². The van der Waals surface area contributed by atoms with Crippen molar-refractivity contribution in [3.63, 3.8) is 0 Å². The van der Waals surface area contributed by atoms with Gasteiger partial charge in [-0.15, -0.1) is 0 Å². The third-order valence-electron chi connectivity index (χ3n) is 4.23. The van der Waals surface area contributed by atoms with E-state index in [1.807, 2.05) is 44.2 Å². The molecule has 0 fully saturated rings. The van der Waals surface area contributed by atoms with Gasteiger partial charge in [-0.05, 0) is 44.2 Å². The number of aromatic nitrogens is 2. The van der Waals surface area contributed by atoms with E-state index in [0.717, 1.165) is 34.8 Å². The first-order valence-electron chi connectivity index (χ1n) is 9.06. The van der Waals surface area contributed by atoms with Crippen LogP contribution in [0.5, 0.6) is 0 Å². The summed E-state index contributed by atoms with van der Waals surface area (Å²) in [7, 11) is 0. The molecule has 0 saturated carbocycles. The smallest absolute Gasteiger partial charge is 0.331 e. The summed E-state index contributed by atoms with van der Waals surface area (Å²) >= 11 is 0. The van der Waals surface area contributed by atoms with Crippen LogP contribution in [-0.2, 0) is 14.3 Å². The average Bonchev–Trinajstić information content (AvgIpc) is 2.98. The maximum atomic E-state index is 13.1. The zero-order chi connectivity index (χ0) is 21.7. The minimum absolute atomic E-state index is 0.0660. The minimum Gasteiger partial charge on any atom is -0.452 e. The number of aryl methyl sites for hydroxylation is 1. The van der Waals surface area contributed by atoms with E-state index in [1.165, 1.54) is 6.08 Å². The molecule has 0 radical (unpaired) electrons. The van der Waals surface area contributed by atoms with Crippen LogP contribution in [0.4, 0.5) is 14.5 Å². The van der Waals surface area contributed by atoms with E-state index in [-0.39, 0.29) is 5.69 Å². The summed E-state index contributed by atoms with van der Waals surface area (Å²) in [5.74, 6) is -3.10. The van der Waals surface area contributed by atoms with Gasteiger partial charge >= 0.3 is 5.97 Å². The van der Waals surface area contributed by atoms with E-state index >= 15 is 0 Å². The Bertz CT molecular complexity index is 1090. The van der Waals surface area contributed by atoms with Crippen LogP contribution in [0.15, 0.2) is 54.6 Å². The fourth-order valence-corrected chi connectivity index (χ4v) is 2.88. The number of hydrogen-bond acceptors (Lipinski definition) is 4. The van der Waals surface area contributed by atoms with E-state index in [0.29, 0.717) is 6.07 Å². The standard InChI is InChI=1S/C22H19F2N3O3/c1-14-20(15(2)27(26-14)19-6-4-3-5-7-19)8-9-22(29)30-13-21(28)25-18-11-16(23)10-17(24)12-18/h3-12H,13H2,1-2H3,(H,25,28)/b9-8+. The molecule has 1 amide bonds. The molecule has 1 heterocycles. The van der Waals surface area contributed by atoms with Gasteiger partial charge in [0.25, 0.3) is 5.91 Å². The summed E-state index contributed by atoms with van der Waals surface area (Å²) in [5, 5.41) is 6.74. The second-order valence-electron chi connectivity index (χ2n) is 6.48. The van der Waals surface area contributed by atoms with Gasteiger partial charge in [-0.25, -0.2) is 18.3 Å². The molecule has 6 nitrogen and oxygen atoms in total. The molecule has 0 aliphatic rings. The van der Waals surface area contributed by atoms with Crippen LogP contribution >= 0.6 is 0 Å². The quantitative estimate of drug-likeness (QED) is 0.492. The molecule has 0 spiro atoms. The molecule has 0 aliphatic heterocycles. The van der Waals surface area contributed by atoms with Crippen molar-refractivity contribution in [1.29, 1.82) is 0 Å². The summed E-state index contributed by atoms with van der Waals surface area (Å²) in [4.78, 5) is 23.8. The van der Waals surface area contributed by atoms with Gasteiger partial charge in [-0.1, -0.05) is 18.2 Å². The number of para-hydroxylation sites is 1. The summed E-state index contributed by atoms with van der Waals surface area (Å²) in [6, 6.07) is 12.2. The normalized spacial score (nSPS) is 10.9.